The zero-order chi connectivity index (χ0) is 12.4. The van der Waals surface area contributed by atoms with E-state index in [1.807, 2.05) is 6.92 Å². The van der Waals surface area contributed by atoms with Gasteiger partial charge in [0.25, 0.3) is 0 Å². The molecule has 2 nitrogen and oxygen atoms in total. The molecule has 0 saturated carbocycles. The summed E-state index contributed by atoms with van der Waals surface area (Å²) in [6.07, 6.45) is 1.68. The maximum absolute atomic E-state index is 13.6. The summed E-state index contributed by atoms with van der Waals surface area (Å²) in [7, 11) is 0. The average Bonchev–Trinajstić information content (AvgIpc) is 2.76. The molecule has 17 heavy (non-hydrogen) atoms. The molecule has 0 spiro atoms. The first-order valence-corrected chi connectivity index (χ1v) is 6.54. The molecule has 0 amide bonds. The highest BCUT2D eigenvalue weighted by atomic mass is 79.9. The zero-order valence-corrected chi connectivity index (χ0v) is 11.3. The number of nitrogens with zero attached hydrogens (tertiary/aromatic N) is 1. The molecule has 6 heteroatoms. The third-order valence-corrected chi connectivity index (χ3v) is 3.66. The molecule has 0 aliphatic heterocycles. The first-order chi connectivity index (χ1) is 8.08. The summed E-state index contributed by atoms with van der Waals surface area (Å²) < 4.78 is 27.5. The fourth-order valence-corrected chi connectivity index (χ4v) is 2.44. The summed E-state index contributed by atoms with van der Waals surface area (Å²) in [6.45, 7) is 1.83. The summed E-state index contributed by atoms with van der Waals surface area (Å²) in [6, 6.07) is 2.27. The molecule has 1 atom stereocenters. The summed E-state index contributed by atoms with van der Waals surface area (Å²) in [5.41, 5.74) is 1.57. The van der Waals surface area contributed by atoms with E-state index in [9.17, 15) is 8.78 Å². The Balaban J connectivity index is 2.25. The molecular formula is C11H9BrF2N2S. The minimum absolute atomic E-state index is 0.117. The van der Waals surface area contributed by atoms with Crippen LogP contribution in [0.4, 0.5) is 14.5 Å². The van der Waals surface area contributed by atoms with Crippen LogP contribution in [-0.2, 0) is 0 Å². The predicted octanol–water partition coefficient (Wildman–Crippen LogP) is 4.36. The number of nitrogens with one attached hydrogen (secondary N) is 1. The number of rotatable bonds is 3. The molecule has 1 N–H and O–H groups in total. The molecule has 2 rings (SSSR count). The van der Waals surface area contributed by atoms with Gasteiger partial charge in [0.15, 0.2) is 0 Å². The van der Waals surface area contributed by atoms with E-state index in [1.54, 1.807) is 11.7 Å². The quantitative estimate of drug-likeness (QED) is 0.909. The minimum Gasteiger partial charge on any atom is -0.373 e. The highest BCUT2D eigenvalue weighted by molar-refractivity contribution is 9.10. The van der Waals surface area contributed by atoms with Crippen molar-refractivity contribution < 1.29 is 8.78 Å². The van der Waals surface area contributed by atoms with Gasteiger partial charge in [0.1, 0.15) is 17.3 Å². The van der Waals surface area contributed by atoms with E-state index in [0.29, 0.717) is 4.47 Å². The molecule has 0 saturated heterocycles. The number of benzene rings is 1. The molecular weight excluding hydrogens is 310 g/mol. The number of anilines is 1. The highest BCUT2D eigenvalue weighted by Gasteiger charge is 2.14. The van der Waals surface area contributed by atoms with Gasteiger partial charge in [0.05, 0.1) is 11.6 Å². The lowest BCUT2D eigenvalue weighted by atomic mass is 10.2. The van der Waals surface area contributed by atoms with Crippen molar-refractivity contribution in [1.82, 2.24) is 4.98 Å². The maximum Gasteiger partial charge on any atom is 0.150 e. The monoisotopic (exact) mass is 318 g/mol. The lowest BCUT2D eigenvalue weighted by molar-refractivity contribution is 0.583. The van der Waals surface area contributed by atoms with E-state index in [4.69, 9.17) is 0 Å². The molecule has 0 fully saturated rings. The van der Waals surface area contributed by atoms with Crippen LogP contribution in [-0.4, -0.2) is 4.98 Å². The molecule has 1 unspecified atom stereocenters. The maximum atomic E-state index is 13.6. The smallest absolute Gasteiger partial charge is 0.150 e. The lowest BCUT2D eigenvalue weighted by Gasteiger charge is -2.14. The Bertz CT molecular complexity index is 493. The van der Waals surface area contributed by atoms with Crippen molar-refractivity contribution in [2.45, 2.75) is 13.0 Å². The Morgan fingerprint density at radius 2 is 2.00 bits per heavy atom. The Morgan fingerprint density at radius 3 is 2.53 bits per heavy atom. The fraction of sp³-hybridized carbons (Fsp3) is 0.182. The molecule has 0 aliphatic rings. The summed E-state index contributed by atoms with van der Waals surface area (Å²) >= 11 is 4.47. The molecule has 2 aromatic rings. The van der Waals surface area contributed by atoms with Crippen LogP contribution < -0.4 is 5.32 Å². The molecule has 0 bridgehead atoms. The second-order valence-corrected chi connectivity index (χ2v) is 5.35. The SMILES string of the molecule is CC(Nc1c(F)cc(Br)cc1F)c1cncs1. The van der Waals surface area contributed by atoms with E-state index in [1.165, 1.54) is 23.5 Å². The normalized spacial score (nSPS) is 12.5. The van der Waals surface area contributed by atoms with Gasteiger partial charge >= 0.3 is 0 Å². The lowest BCUT2D eigenvalue weighted by Crippen LogP contribution is -2.08. The van der Waals surface area contributed by atoms with Gasteiger partial charge in [-0.05, 0) is 19.1 Å². The van der Waals surface area contributed by atoms with Crippen LogP contribution in [0.25, 0.3) is 0 Å². The summed E-state index contributed by atoms with van der Waals surface area (Å²) in [5.74, 6) is -1.23. The van der Waals surface area contributed by atoms with Crippen LogP contribution in [0.5, 0.6) is 0 Å². The van der Waals surface area contributed by atoms with Gasteiger partial charge < -0.3 is 5.32 Å². The van der Waals surface area contributed by atoms with Crippen LogP contribution >= 0.6 is 27.3 Å². The Kier molecular flexibility index (Phi) is 3.73. The minimum atomic E-state index is -0.617. The molecule has 1 heterocycles. The van der Waals surface area contributed by atoms with Crippen molar-refractivity contribution in [3.8, 4) is 0 Å². The summed E-state index contributed by atoms with van der Waals surface area (Å²) in [5, 5.41) is 2.81. The van der Waals surface area contributed by atoms with Crippen LogP contribution in [0.1, 0.15) is 17.8 Å². The van der Waals surface area contributed by atoms with Gasteiger partial charge in [-0.3, -0.25) is 4.98 Å². The molecule has 1 aromatic carbocycles. The van der Waals surface area contributed by atoms with Crippen LogP contribution in [0.15, 0.2) is 28.3 Å². The van der Waals surface area contributed by atoms with Crippen molar-refractivity contribution in [3.05, 3.63) is 44.8 Å². The Morgan fingerprint density at radius 1 is 1.35 bits per heavy atom. The third kappa shape index (κ3) is 2.81. The second kappa shape index (κ2) is 5.10. The average molecular weight is 319 g/mol. The van der Waals surface area contributed by atoms with E-state index in [-0.39, 0.29) is 11.7 Å². The number of aromatic nitrogens is 1. The number of hydrogen-bond acceptors (Lipinski definition) is 3. The molecule has 1 aromatic heterocycles. The van der Waals surface area contributed by atoms with Gasteiger partial charge in [0.2, 0.25) is 0 Å². The first kappa shape index (κ1) is 12.4. The fourth-order valence-electron chi connectivity index (χ4n) is 1.41. The van der Waals surface area contributed by atoms with Crippen LogP contribution in [0.3, 0.4) is 0 Å². The zero-order valence-electron chi connectivity index (χ0n) is 8.88. The van der Waals surface area contributed by atoms with Gasteiger partial charge in [-0.1, -0.05) is 15.9 Å². The largest absolute Gasteiger partial charge is 0.373 e. The standard InChI is InChI=1S/C11H9BrF2N2S/c1-6(10-4-15-5-17-10)16-11-8(13)2-7(12)3-9(11)14/h2-6,16H,1H3. The molecule has 90 valence electrons. The van der Waals surface area contributed by atoms with Gasteiger partial charge in [-0.2, -0.15) is 0 Å². The molecule has 0 radical (unpaired) electrons. The van der Waals surface area contributed by atoms with Crippen molar-refractivity contribution in [3.63, 3.8) is 0 Å². The van der Waals surface area contributed by atoms with Gasteiger partial charge in [-0.25, -0.2) is 8.78 Å². The van der Waals surface area contributed by atoms with Crippen molar-refractivity contribution in [1.29, 1.82) is 0 Å². The Labute approximate surface area is 110 Å². The third-order valence-electron chi connectivity index (χ3n) is 2.25. The van der Waals surface area contributed by atoms with Crippen molar-refractivity contribution >= 4 is 33.0 Å². The number of thiazole rings is 1. The van der Waals surface area contributed by atoms with E-state index in [0.717, 1.165) is 4.88 Å². The number of hydrogen-bond donors (Lipinski definition) is 1. The first-order valence-electron chi connectivity index (χ1n) is 4.87. The predicted molar refractivity (Wildman–Crippen MR) is 68.2 cm³/mol. The second-order valence-electron chi connectivity index (χ2n) is 3.51. The topological polar surface area (TPSA) is 24.9 Å². The summed E-state index contributed by atoms with van der Waals surface area (Å²) in [4.78, 5) is 4.85. The van der Waals surface area contributed by atoms with Crippen molar-refractivity contribution in [2.75, 3.05) is 5.32 Å². The van der Waals surface area contributed by atoms with Crippen LogP contribution in [0, 0.1) is 11.6 Å². The van der Waals surface area contributed by atoms with E-state index >= 15 is 0 Å². The van der Waals surface area contributed by atoms with E-state index < -0.39 is 11.6 Å². The highest BCUT2D eigenvalue weighted by Crippen LogP contribution is 2.28. The van der Waals surface area contributed by atoms with E-state index in [2.05, 4.69) is 26.2 Å². The van der Waals surface area contributed by atoms with Gasteiger partial charge in [-0.15, -0.1) is 11.3 Å². The number of halogens is 3. The van der Waals surface area contributed by atoms with Gasteiger partial charge in [0, 0.05) is 15.5 Å². The Hall–Kier alpha value is -1.01. The van der Waals surface area contributed by atoms with Crippen molar-refractivity contribution in [2.24, 2.45) is 0 Å². The molecule has 0 aliphatic carbocycles. The van der Waals surface area contributed by atoms with Crippen LogP contribution in [0.2, 0.25) is 0 Å².